The number of hydrogen-bond acceptors (Lipinski definition) is 12. The molecule has 22 nitrogen and oxygen atoms in total. The van der Waals surface area contributed by atoms with Crippen LogP contribution in [0.15, 0.2) is 85.1 Å². The van der Waals surface area contributed by atoms with Crippen molar-refractivity contribution in [3.8, 4) is 5.75 Å². The molecule has 4 aromatic rings. The number of ether oxygens (including phenoxy) is 1. The number of aromatic amines is 1. The first-order chi connectivity index (χ1) is 32.5. The number of H-pyrrole nitrogens is 1. The molecule has 372 valence electrons. The summed E-state index contributed by atoms with van der Waals surface area (Å²) in [6, 6.07) is 13.8. The van der Waals surface area contributed by atoms with Gasteiger partial charge in [-0.15, -0.1) is 0 Å². The predicted octanol–water partition coefficient (Wildman–Crippen LogP) is 1.48. The van der Waals surface area contributed by atoms with Gasteiger partial charge in [-0.1, -0.05) is 80.4 Å². The molecule has 0 bridgehead atoms. The second-order valence-corrected chi connectivity index (χ2v) is 18.0. The summed E-state index contributed by atoms with van der Waals surface area (Å²) < 4.78 is 41.0. The average molecular weight is 979 g/mol. The van der Waals surface area contributed by atoms with Gasteiger partial charge < -0.3 is 56.6 Å². The fourth-order valence-corrected chi connectivity index (χ4v) is 7.27. The molecule has 5 atom stereocenters. The fraction of sp³-hybridized carbons (Fsp3) is 0.391. The van der Waals surface area contributed by atoms with Crippen molar-refractivity contribution in [2.24, 2.45) is 5.73 Å². The molecular formula is C46H58N8O14S. The van der Waals surface area contributed by atoms with E-state index < -0.39 is 107 Å². The normalized spacial score (nSPS) is 13.6. The van der Waals surface area contributed by atoms with E-state index in [1.165, 1.54) is 24.3 Å². The van der Waals surface area contributed by atoms with Crippen molar-refractivity contribution >= 4 is 68.8 Å². The zero-order chi connectivity index (χ0) is 50.9. The minimum Gasteiger partial charge on any atom is -0.481 e. The van der Waals surface area contributed by atoms with Crippen LogP contribution in [0.3, 0.4) is 0 Å². The maximum absolute atomic E-state index is 14.3. The SMILES string of the molecule is CCCC[C@H](NC(=O)[C@H](Cc1c[nH]c2ccccc12)NC(=O)CNC(=O)[C@H](Cc1ccc(OS(=O)(=O)O)cc1)NC(=O)OC(C)(C)C)C(=O)N[C@@H](CC(=O)O)C(=O)N[C@@H](Cc1ccccc1)C(N)=O. The van der Waals surface area contributed by atoms with E-state index in [4.69, 9.17) is 15.0 Å². The summed E-state index contributed by atoms with van der Waals surface area (Å²) in [5.41, 5.74) is 6.97. The Bertz CT molecular complexity index is 2560. The number of para-hydroxylation sites is 1. The Morgan fingerprint density at radius 2 is 1.26 bits per heavy atom. The number of aliphatic carboxylic acids is 1. The quantitative estimate of drug-likeness (QED) is 0.0421. The fourth-order valence-electron chi connectivity index (χ4n) is 6.91. The lowest BCUT2D eigenvalue weighted by Crippen LogP contribution is -2.59. The summed E-state index contributed by atoms with van der Waals surface area (Å²) >= 11 is 0. The summed E-state index contributed by atoms with van der Waals surface area (Å²) in [5.74, 6) is -7.09. The Hall–Kier alpha value is -7.53. The second-order valence-electron chi connectivity index (χ2n) is 17.0. The van der Waals surface area contributed by atoms with Gasteiger partial charge in [0.05, 0.1) is 13.0 Å². The number of amides is 7. The van der Waals surface area contributed by atoms with E-state index in [9.17, 15) is 51.9 Å². The third-order valence-electron chi connectivity index (χ3n) is 10.2. The molecule has 4 rings (SSSR count). The molecule has 0 fully saturated rings. The van der Waals surface area contributed by atoms with Crippen LogP contribution in [0.25, 0.3) is 10.9 Å². The molecule has 0 aliphatic rings. The predicted molar refractivity (Wildman–Crippen MR) is 249 cm³/mol. The number of benzene rings is 3. The molecule has 0 spiro atoms. The third-order valence-corrected chi connectivity index (χ3v) is 10.6. The highest BCUT2D eigenvalue weighted by Gasteiger charge is 2.33. The molecule has 11 N–H and O–H groups in total. The van der Waals surface area contributed by atoms with Crippen LogP contribution in [0.5, 0.6) is 5.75 Å². The highest BCUT2D eigenvalue weighted by atomic mass is 32.3. The number of unbranched alkanes of at least 4 members (excludes halogenated alkanes) is 1. The second kappa shape index (κ2) is 25.0. The number of hydrogen-bond donors (Lipinski definition) is 10. The zero-order valence-corrected chi connectivity index (χ0v) is 39.2. The third kappa shape index (κ3) is 18.6. The summed E-state index contributed by atoms with van der Waals surface area (Å²) in [4.78, 5) is 109. The number of carbonyl (C=O) groups excluding carboxylic acids is 7. The van der Waals surface area contributed by atoms with Crippen molar-refractivity contribution in [3.63, 3.8) is 0 Å². The molecule has 7 amide bonds. The first-order valence-electron chi connectivity index (χ1n) is 21.8. The van der Waals surface area contributed by atoms with Gasteiger partial charge in [-0.2, -0.15) is 8.42 Å². The van der Waals surface area contributed by atoms with Crippen molar-refractivity contribution in [1.29, 1.82) is 0 Å². The summed E-state index contributed by atoms with van der Waals surface area (Å²) in [5, 5.41) is 25.4. The zero-order valence-electron chi connectivity index (χ0n) is 38.4. The molecule has 1 heterocycles. The largest absolute Gasteiger partial charge is 0.481 e. The van der Waals surface area contributed by atoms with Crippen LogP contribution in [-0.4, -0.2) is 113 Å². The van der Waals surface area contributed by atoms with Crippen molar-refractivity contribution in [2.75, 3.05) is 6.54 Å². The van der Waals surface area contributed by atoms with Gasteiger partial charge in [-0.05, 0) is 62.1 Å². The smallest absolute Gasteiger partial charge is 0.446 e. The molecule has 23 heteroatoms. The molecule has 0 aliphatic carbocycles. The minimum atomic E-state index is -4.82. The lowest BCUT2D eigenvalue weighted by atomic mass is 10.0. The lowest BCUT2D eigenvalue weighted by Gasteiger charge is -2.26. The maximum atomic E-state index is 14.3. The number of fused-ring (bicyclic) bond motifs is 1. The van der Waals surface area contributed by atoms with E-state index in [2.05, 4.69) is 41.1 Å². The highest BCUT2D eigenvalue weighted by Crippen LogP contribution is 2.20. The topological polar surface area (TPSA) is 344 Å². The van der Waals surface area contributed by atoms with Crippen LogP contribution in [0.2, 0.25) is 0 Å². The van der Waals surface area contributed by atoms with Crippen LogP contribution in [0, 0.1) is 0 Å². The number of rotatable bonds is 25. The van der Waals surface area contributed by atoms with E-state index in [0.717, 1.165) is 10.9 Å². The number of carboxylic acid groups (broad SMARTS) is 1. The Labute approximate surface area is 398 Å². The number of primary amides is 1. The number of carboxylic acids is 1. The van der Waals surface area contributed by atoms with Gasteiger partial charge >= 0.3 is 22.5 Å². The van der Waals surface area contributed by atoms with Gasteiger partial charge in [0.2, 0.25) is 35.4 Å². The maximum Gasteiger partial charge on any atom is 0.446 e. The molecule has 3 aromatic carbocycles. The molecule has 0 aliphatic heterocycles. The average Bonchev–Trinajstić information content (AvgIpc) is 3.68. The molecule has 0 radical (unpaired) electrons. The Morgan fingerprint density at radius 1 is 0.696 bits per heavy atom. The lowest BCUT2D eigenvalue weighted by molar-refractivity contribution is -0.141. The molecule has 1 aromatic heterocycles. The summed E-state index contributed by atoms with van der Waals surface area (Å²) in [7, 11) is -4.82. The van der Waals surface area contributed by atoms with Crippen molar-refractivity contribution in [2.45, 2.75) is 108 Å². The van der Waals surface area contributed by atoms with Gasteiger partial charge in [0.1, 0.15) is 41.6 Å². The van der Waals surface area contributed by atoms with Crippen molar-refractivity contribution in [1.82, 2.24) is 36.9 Å². The number of alkyl carbamates (subject to hydrolysis) is 1. The van der Waals surface area contributed by atoms with Gasteiger partial charge in [0.25, 0.3) is 0 Å². The van der Waals surface area contributed by atoms with Crippen molar-refractivity contribution < 1.29 is 65.4 Å². The summed E-state index contributed by atoms with van der Waals surface area (Å²) in [6.07, 6.45) is 0.421. The van der Waals surface area contributed by atoms with Crippen LogP contribution < -0.4 is 41.8 Å². The molecular weight excluding hydrogens is 921 g/mol. The Kier molecular flexibility index (Phi) is 19.6. The number of aromatic nitrogens is 1. The van der Waals surface area contributed by atoms with E-state index in [1.54, 1.807) is 81.6 Å². The van der Waals surface area contributed by atoms with Crippen LogP contribution >= 0.6 is 0 Å². The van der Waals surface area contributed by atoms with Gasteiger partial charge in [0, 0.05) is 36.4 Å². The van der Waals surface area contributed by atoms with Crippen molar-refractivity contribution in [3.05, 3.63) is 102 Å². The van der Waals surface area contributed by atoms with E-state index in [1.807, 2.05) is 6.92 Å². The number of nitrogens with two attached hydrogens (primary N) is 1. The molecule has 69 heavy (non-hydrogen) atoms. The van der Waals surface area contributed by atoms with Crippen LogP contribution in [0.4, 0.5) is 4.79 Å². The monoisotopic (exact) mass is 978 g/mol. The van der Waals surface area contributed by atoms with E-state index in [-0.39, 0.29) is 31.4 Å². The van der Waals surface area contributed by atoms with E-state index >= 15 is 0 Å². The number of nitrogens with one attached hydrogen (secondary N) is 7. The van der Waals surface area contributed by atoms with Gasteiger partial charge in [-0.3, -0.25) is 38.1 Å². The van der Waals surface area contributed by atoms with Crippen LogP contribution in [0.1, 0.15) is 70.1 Å². The highest BCUT2D eigenvalue weighted by molar-refractivity contribution is 7.81. The number of carbonyl (C=O) groups is 8. The minimum absolute atomic E-state index is 0.0177. The first-order valence-corrected chi connectivity index (χ1v) is 23.2. The van der Waals surface area contributed by atoms with E-state index in [0.29, 0.717) is 29.5 Å². The van der Waals surface area contributed by atoms with Gasteiger partial charge in [0.15, 0.2) is 0 Å². The first kappa shape index (κ1) is 54.1. The van der Waals surface area contributed by atoms with Gasteiger partial charge in [-0.25, -0.2) is 4.79 Å². The molecule has 0 saturated heterocycles. The Balaban J connectivity index is 1.54. The molecule has 0 unspecified atom stereocenters. The van der Waals surface area contributed by atoms with Crippen LogP contribution in [-0.2, 0) is 68.0 Å². The standard InChI is InChI=1S/C46H58N8O14S/c1-5-6-15-33(42(60)53-37(24-39(56)57)44(62)52-34(40(47)58)21-27-12-8-7-9-13-27)51-43(61)36(23-29-25-48-32-16-11-10-14-31(29)32)50-38(55)26-49-41(59)35(54-45(63)67-46(2,3)4)22-28-17-19-30(20-18-28)68-69(64,65)66/h7-14,16-20,25,33-37,48H,5-6,15,21-24,26H2,1-4H3,(H2,47,58)(H,49,59)(H,50,55)(H,51,61)(H,52,62)(H,53,60)(H,54,63)(H,56,57)(H,64,65,66)/t33-,34-,35-,36-,37-/m0/s1. The molecule has 0 saturated carbocycles. The Morgan fingerprint density at radius 3 is 1.88 bits per heavy atom. The summed E-state index contributed by atoms with van der Waals surface area (Å²) in [6.45, 7) is 5.92.